The van der Waals surface area contributed by atoms with Crippen LogP contribution in [0, 0.1) is 5.92 Å². The summed E-state index contributed by atoms with van der Waals surface area (Å²) in [5, 5.41) is 11.2. The molecule has 0 spiro atoms. The highest BCUT2D eigenvalue weighted by Crippen LogP contribution is 2.29. The Morgan fingerprint density at radius 1 is 1.50 bits per heavy atom. The molecule has 1 aliphatic rings. The Morgan fingerprint density at radius 2 is 2.23 bits per heavy atom. The van der Waals surface area contributed by atoms with Gasteiger partial charge < -0.3 is 10.0 Å². The van der Waals surface area contributed by atoms with Crippen LogP contribution in [0.25, 0.3) is 5.57 Å². The van der Waals surface area contributed by atoms with Gasteiger partial charge in [0.25, 0.3) is 0 Å². The molecular formula is C15H17NO4S2. The molecule has 5 nitrogen and oxygen atoms in total. The van der Waals surface area contributed by atoms with Crippen molar-refractivity contribution < 1.29 is 19.5 Å². The number of carbonyl (C=O) groups is 3. The van der Waals surface area contributed by atoms with Crippen molar-refractivity contribution in [3.8, 4) is 0 Å². The van der Waals surface area contributed by atoms with Crippen LogP contribution >= 0.6 is 23.1 Å². The average Bonchev–Trinajstić information content (AvgIpc) is 3.11. The van der Waals surface area contributed by atoms with Crippen molar-refractivity contribution in [3.63, 3.8) is 0 Å². The molecule has 0 aliphatic carbocycles. The summed E-state index contributed by atoms with van der Waals surface area (Å²) in [7, 11) is 0. The molecule has 0 saturated heterocycles. The summed E-state index contributed by atoms with van der Waals surface area (Å²) in [6, 6.07) is 2.88. The largest absolute Gasteiger partial charge is 0.479 e. The van der Waals surface area contributed by atoms with Gasteiger partial charge in [-0.1, -0.05) is 24.8 Å². The van der Waals surface area contributed by atoms with Gasteiger partial charge >= 0.3 is 5.97 Å². The standard InChI is InChI=1S/C15H17NO4S2/c1-9(8-22-10(2)17)14(18)16-7-11(6-12(16)15(19)20)13-4-3-5-21-13/h3-6,9,12H,7-8H2,1-2H3,(H,19,20)/t9-,12?/m1/s1. The number of aliphatic carboxylic acids is 1. The number of nitrogens with zero attached hydrogens (tertiary/aromatic N) is 1. The highest BCUT2D eigenvalue weighted by Gasteiger charge is 2.36. The van der Waals surface area contributed by atoms with Crippen LogP contribution in [0.5, 0.6) is 0 Å². The molecule has 1 unspecified atom stereocenters. The molecule has 0 fully saturated rings. The van der Waals surface area contributed by atoms with Crippen LogP contribution in [0.3, 0.4) is 0 Å². The van der Waals surface area contributed by atoms with Crippen LogP contribution in [0.4, 0.5) is 0 Å². The van der Waals surface area contributed by atoms with E-state index in [0.29, 0.717) is 12.3 Å². The molecule has 1 aliphatic heterocycles. The number of thiophene rings is 1. The van der Waals surface area contributed by atoms with E-state index in [4.69, 9.17) is 0 Å². The lowest BCUT2D eigenvalue weighted by Crippen LogP contribution is -2.44. The number of hydrogen-bond acceptors (Lipinski definition) is 5. The molecular weight excluding hydrogens is 322 g/mol. The number of carboxylic acid groups (broad SMARTS) is 1. The van der Waals surface area contributed by atoms with Crippen molar-refractivity contribution >= 4 is 45.7 Å². The fraction of sp³-hybridized carbons (Fsp3) is 0.400. The lowest BCUT2D eigenvalue weighted by molar-refractivity contribution is -0.148. The highest BCUT2D eigenvalue weighted by atomic mass is 32.2. The number of rotatable bonds is 5. The summed E-state index contributed by atoms with van der Waals surface area (Å²) in [4.78, 5) is 37.3. The molecule has 7 heteroatoms. The first-order chi connectivity index (χ1) is 10.4. The quantitative estimate of drug-likeness (QED) is 0.891. The topological polar surface area (TPSA) is 74.7 Å². The third-order valence-electron chi connectivity index (χ3n) is 3.37. The number of thioether (sulfide) groups is 1. The van der Waals surface area contributed by atoms with Crippen molar-refractivity contribution in [2.24, 2.45) is 5.92 Å². The first-order valence-corrected chi connectivity index (χ1v) is 8.68. The Balaban J connectivity index is 2.11. The van der Waals surface area contributed by atoms with Crippen molar-refractivity contribution in [2.45, 2.75) is 19.9 Å². The van der Waals surface area contributed by atoms with E-state index in [9.17, 15) is 19.5 Å². The van der Waals surface area contributed by atoms with Gasteiger partial charge in [0.15, 0.2) is 5.12 Å². The molecule has 0 radical (unpaired) electrons. The first kappa shape index (κ1) is 16.8. The normalized spacial score (nSPS) is 18.9. The maximum absolute atomic E-state index is 12.5. The lowest BCUT2D eigenvalue weighted by atomic mass is 10.1. The fourth-order valence-electron chi connectivity index (χ4n) is 2.25. The predicted molar refractivity (Wildman–Crippen MR) is 87.7 cm³/mol. The monoisotopic (exact) mass is 339 g/mol. The van der Waals surface area contributed by atoms with E-state index in [1.807, 2.05) is 17.5 Å². The lowest BCUT2D eigenvalue weighted by Gasteiger charge is -2.25. The smallest absolute Gasteiger partial charge is 0.330 e. The summed E-state index contributed by atoms with van der Waals surface area (Å²) < 4.78 is 0. The van der Waals surface area contributed by atoms with E-state index in [-0.39, 0.29) is 11.0 Å². The molecule has 2 rings (SSSR count). The van der Waals surface area contributed by atoms with Crippen LogP contribution in [0.1, 0.15) is 18.7 Å². The fourth-order valence-corrected chi connectivity index (χ4v) is 3.62. The second kappa shape index (κ2) is 7.11. The highest BCUT2D eigenvalue weighted by molar-refractivity contribution is 8.13. The zero-order chi connectivity index (χ0) is 16.3. The molecule has 2 heterocycles. The molecule has 0 saturated carbocycles. The van der Waals surface area contributed by atoms with Crippen molar-refractivity contribution in [1.29, 1.82) is 0 Å². The minimum Gasteiger partial charge on any atom is -0.479 e. The number of hydrogen-bond donors (Lipinski definition) is 1. The maximum Gasteiger partial charge on any atom is 0.330 e. The first-order valence-electron chi connectivity index (χ1n) is 6.81. The molecule has 1 N–H and O–H groups in total. The van der Waals surface area contributed by atoms with Gasteiger partial charge in [0.05, 0.1) is 0 Å². The Labute approximate surface area is 137 Å². The van der Waals surface area contributed by atoms with Gasteiger partial charge in [-0.05, 0) is 23.1 Å². The van der Waals surface area contributed by atoms with Crippen molar-refractivity contribution in [2.75, 3.05) is 12.3 Å². The number of carbonyl (C=O) groups excluding carboxylic acids is 2. The summed E-state index contributed by atoms with van der Waals surface area (Å²) in [6.07, 6.45) is 1.64. The Morgan fingerprint density at radius 3 is 2.77 bits per heavy atom. The van der Waals surface area contributed by atoms with Gasteiger partial charge in [0, 0.05) is 30.0 Å². The Kier molecular flexibility index (Phi) is 5.42. The van der Waals surface area contributed by atoms with Gasteiger partial charge in [-0.2, -0.15) is 0 Å². The van der Waals surface area contributed by atoms with E-state index in [2.05, 4.69) is 0 Å². The molecule has 1 aromatic rings. The predicted octanol–water partition coefficient (Wildman–Crippen LogP) is 2.34. The SMILES string of the molecule is CC(=O)SC[C@@H](C)C(=O)N1CC(c2cccs2)=CC1C(=O)O. The summed E-state index contributed by atoms with van der Waals surface area (Å²) in [6.45, 7) is 3.47. The van der Waals surface area contributed by atoms with E-state index < -0.39 is 17.9 Å². The number of carboxylic acids is 1. The zero-order valence-electron chi connectivity index (χ0n) is 12.3. The van der Waals surface area contributed by atoms with Gasteiger partial charge in [0.2, 0.25) is 5.91 Å². The van der Waals surface area contributed by atoms with E-state index in [1.54, 1.807) is 13.0 Å². The zero-order valence-corrected chi connectivity index (χ0v) is 13.9. The third-order valence-corrected chi connectivity index (χ3v) is 5.39. The summed E-state index contributed by atoms with van der Waals surface area (Å²) in [5.74, 6) is -1.30. The Bertz CT molecular complexity index is 609. The van der Waals surface area contributed by atoms with E-state index >= 15 is 0 Å². The molecule has 118 valence electrons. The van der Waals surface area contributed by atoms with Crippen LogP contribution < -0.4 is 0 Å². The third kappa shape index (κ3) is 3.78. The minimum atomic E-state index is -1.04. The minimum absolute atomic E-state index is 0.0479. The van der Waals surface area contributed by atoms with Gasteiger partial charge in [-0.3, -0.25) is 9.59 Å². The second-order valence-electron chi connectivity index (χ2n) is 5.12. The average molecular weight is 339 g/mol. The maximum atomic E-state index is 12.5. The molecule has 2 atom stereocenters. The molecule has 1 amide bonds. The summed E-state index contributed by atoms with van der Waals surface area (Å²) >= 11 is 2.61. The van der Waals surface area contributed by atoms with Crippen LogP contribution in [-0.2, 0) is 14.4 Å². The van der Waals surface area contributed by atoms with Crippen LogP contribution in [0.2, 0.25) is 0 Å². The number of amides is 1. The van der Waals surface area contributed by atoms with Gasteiger partial charge in [0.1, 0.15) is 6.04 Å². The summed E-state index contributed by atoms with van der Waals surface area (Å²) in [5.41, 5.74) is 0.863. The molecule has 1 aromatic heterocycles. The van der Waals surface area contributed by atoms with Crippen molar-refractivity contribution in [3.05, 3.63) is 28.5 Å². The van der Waals surface area contributed by atoms with Crippen LogP contribution in [0.15, 0.2) is 23.6 Å². The van der Waals surface area contributed by atoms with E-state index in [1.165, 1.54) is 23.2 Å². The molecule has 0 bridgehead atoms. The van der Waals surface area contributed by atoms with Crippen molar-refractivity contribution in [1.82, 2.24) is 4.90 Å². The van der Waals surface area contributed by atoms with Gasteiger partial charge in [-0.25, -0.2) is 4.79 Å². The molecule has 0 aromatic carbocycles. The Hall–Kier alpha value is -1.60. The van der Waals surface area contributed by atoms with Gasteiger partial charge in [-0.15, -0.1) is 11.3 Å². The second-order valence-corrected chi connectivity index (χ2v) is 7.27. The molecule has 22 heavy (non-hydrogen) atoms. The van der Waals surface area contributed by atoms with E-state index in [0.717, 1.165) is 22.2 Å². The van der Waals surface area contributed by atoms with Crippen LogP contribution in [-0.4, -0.2) is 45.3 Å².